The van der Waals surface area contributed by atoms with Crippen LogP contribution in [0.4, 0.5) is 0 Å². The van der Waals surface area contributed by atoms with Gasteiger partial charge in [0.15, 0.2) is 0 Å². The van der Waals surface area contributed by atoms with Crippen molar-refractivity contribution in [3.05, 3.63) is 64.7 Å². The van der Waals surface area contributed by atoms with Crippen LogP contribution in [0.3, 0.4) is 0 Å². The number of rotatable bonds is 6. The second-order valence-corrected chi connectivity index (χ2v) is 8.16. The van der Waals surface area contributed by atoms with E-state index < -0.39 is 0 Å². The van der Waals surface area contributed by atoms with Gasteiger partial charge < -0.3 is 15.0 Å². The van der Waals surface area contributed by atoms with E-state index in [1.165, 1.54) is 12.8 Å². The number of amides is 1. The fourth-order valence-electron chi connectivity index (χ4n) is 4.62. The molecular formula is C24H32N2O2. The van der Waals surface area contributed by atoms with Crippen molar-refractivity contribution in [3.63, 3.8) is 0 Å². The van der Waals surface area contributed by atoms with E-state index in [1.807, 2.05) is 32.0 Å². The number of nitrogens with zero attached hydrogens (tertiary/aromatic N) is 1. The molecule has 0 aliphatic heterocycles. The normalized spacial score (nSPS) is 16.8. The molecule has 150 valence electrons. The highest BCUT2D eigenvalue weighted by molar-refractivity contribution is 5.96. The van der Waals surface area contributed by atoms with Gasteiger partial charge in [0.1, 0.15) is 5.75 Å². The zero-order chi connectivity index (χ0) is 20.3. The maximum absolute atomic E-state index is 13.4. The molecule has 0 heterocycles. The lowest BCUT2D eigenvalue weighted by Gasteiger charge is -2.44. The topological polar surface area (TPSA) is 41.6 Å². The van der Waals surface area contributed by atoms with Gasteiger partial charge in [0.2, 0.25) is 0 Å². The van der Waals surface area contributed by atoms with Crippen molar-refractivity contribution < 1.29 is 9.53 Å². The van der Waals surface area contributed by atoms with Crippen molar-refractivity contribution in [2.75, 3.05) is 21.2 Å². The summed E-state index contributed by atoms with van der Waals surface area (Å²) >= 11 is 0. The second kappa shape index (κ2) is 8.36. The molecule has 1 N–H and O–H groups in total. The van der Waals surface area contributed by atoms with E-state index in [1.54, 1.807) is 7.11 Å². The number of carbonyl (C=O) groups is 1. The van der Waals surface area contributed by atoms with Gasteiger partial charge >= 0.3 is 0 Å². The van der Waals surface area contributed by atoms with Crippen LogP contribution in [0.2, 0.25) is 0 Å². The predicted molar refractivity (Wildman–Crippen MR) is 114 cm³/mol. The summed E-state index contributed by atoms with van der Waals surface area (Å²) in [6.45, 7) is 3.94. The number of hydrogen-bond donors (Lipinski definition) is 1. The Morgan fingerprint density at radius 1 is 1.07 bits per heavy atom. The first-order chi connectivity index (χ1) is 13.4. The molecule has 0 radical (unpaired) electrons. The van der Waals surface area contributed by atoms with E-state index in [-0.39, 0.29) is 17.5 Å². The van der Waals surface area contributed by atoms with Crippen molar-refractivity contribution >= 4 is 5.91 Å². The predicted octanol–water partition coefficient (Wildman–Crippen LogP) is 4.66. The maximum atomic E-state index is 13.4. The van der Waals surface area contributed by atoms with Crippen molar-refractivity contribution in [3.8, 4) is 5.75 Å². The second-order valence-electron chi connectivity index (χ2n) is 8.16. The molecule has 1 aliphatic carbocycles. The van der Waals surface area contributed by atoms with E-state index in [0.717, 1.165) is 35.3 Å². The quantitative estimate of drug-likeness (QED) is 0.793. The molecule has 4 heteroatoms. The molecule has 4 nitrogen and oxygen atoms in total. The molecule has 1 aliphatic rings. The van der Waals surface area contributed by atoms with Gasteiger partial charge in [-0.25, -0.2) is 0 Å². The molecule has 0 spiro atoms. The van der Waals surface area contributed by atoms with Crippen LogP contribution in [0.25, 0.3) is 0 Å². The monoisotopic (exact) mass is 380 g/mol. The molecule has 1 saturated carbocycles. The molecule has 3 rings (SSSR count). The highest BCUT2D eigenvalue weighted by Crippen LogP contribution is 2.43. The van der Waals surface area contributed by atoms with Crippen molar-refractivity contribution in [1.82, 2.24) is 10.2 Å². The summed E-state index contributed by atoms with van der Waals surface area (Å²) in [6, 6.07) is 14.2. The number of ether oxygens (including phenoxy) is 1. The summed E-state index contributed by atoms with van der Waals surface area (Å²) in [6.07, 6.45) is 4.55. The first kappa shape index (κ1) is 20.4. The number of likely N-dealkylation sites (N-methyl/N-ethyl adjacent to an activating group) is 1. The zero-order valence-corrected chi connectivity index (χ0v) is 17.7. The Labute approximate surface area is 168 Å². The Kier molecular flexibility index (Phi) is 6.09. The fourth-order valence-corrected chi connectivity index (χ4v) is 4.62. The van der Waals surface area contributed by atoms with Gasteiger partial charge in [0.05, 0.1) is 13.2 Å². The standard InChI is InChI=1S/C24H32N2O2/c1-17-16-21(28-5)18(2)15-20(17)23(27)25-22(19-11-7-6-8-12-19)24(26(3)4)13-9-10-14-24/h6-8,11-12,15-16,22H,9-10,13-14H2,1-5H3,(H,25,27). The van der Waals surface area contributed by atoms with Crippen LogP contribution in [-0.4, -0.2) is 37.6 Å². The third-order valence-electron chi connectivity index (χ3n) is 6.29. The van der Waals surface area contributed by atoms with Gasteiger partial charge in [0.25, 0.3) is 5.91 Å². The van der Waals surface area contributed by atoms with Crippen molar-refractivity contribution in [2.45, 2.75) is 51.1 Å². The van der Waals surface area contributed by atoms with Crippen LogP contribution in [0.5, 0.6) is 5.75 Å². The molecule has 0 saturated heterocycles. The number of aryl methyl sites for hydroxylation is 2. The van der Waals surface area contributed by atoms with E-state index >= 15 is 0 Å². The molecule has 0 aromatic heterocycles. The summed E-state index contributed by atoms with van der Waals surface area (Å²) in [7, 11) is 5.93. The molecule has 1 fully saturated rings. The van der Waals surface area contributed by atoms with Crippen molar-refractivity contribution in [1.29, 1.82) is 0 Å². The van der Waals surface area contributed by atoms with Crippen LogP contribution >= 0.6 is 0 Å². The van der Waals surface area contributed by atoms with E-state index in [4.69, 9.17) is 4.74 Å². The third kappa shape index (κ3) is 3.79. The highest BCUT2D eigenvalue weighted by atomic mass is 16.5. The van der Waals surface area contributed by atoms with E-state index in [2.05, 4.69) is 48.6 Å². The Hall–Kier alpha value is -2.33. The van der Waals surface area contributed by atoms with Gasteiger partial charge in [-0.1, -0.05) is 43.2 Å². The average Bonchev–Trinajstić information content (AvgIpc) is 3.19. The summed E-state index contributed by atoms with van der Waals surface area (Å²) in [5.41, 5.74) is 3.71. The molecule has 1 atom stereocenters. The molecule has 28 heavy (non-hydrogen) atoms. The first-order valence-electron chi connectivity index (χ1n) is 10.1. The lowest BCUT2D eigenvalue weighted by Crippen LogP contribution is -2.53. The lowest BCUT2D eigenvalue weighted by atomic mass is 9.82. The minimum Gasteiger partial charge on any atom is -0.496 e. The molecule has 2 aromatic carbocycles. The van der Waals surface area contributed by atoms with Crippen LogP contribution in [-0.2, 0) is 0 Å². The number of nitrogens with one attached hydrogen (secondary N) is 1. The minimum atomic E-state index is -0.0631. The highest BCUT2D eigenvalue weighted by Gasteiger charge is 2.44. The maximum Gasteiger partial charge on any atom is 0.252 e. The fraction of sp³-hybridized carbons (Fsp3) is 0.458. The van der Waals surface area contributed by atoms with E-state index in [9.17, 15) is 4.79 Å². The van der Waals surface area contributed by atoms with E-state index in [0.29, 0.717) is 5.56 Å². The average molecular weight is 381 g/mol. The Bertz CT molecular complexity index is 824. The first-order valence-corrected chi connectivity index (χ1v) is 10.1. The summed E-state index contributed by atoms with van der Waals surface area (Å²) in [5, 5.41) is 3.40. The molecular weight excluding hydrogens is 348 g/mol. The van der Waals surface area contributed by atoms with Gasteiger partial charge in [0, 0.05) is 11.1 Å². The lowest BCUT2D eigenvalue weighted by molar-refractivity contribution is 0.0765. The summed E-state index contributed by atoms with van der Waals surface area (Å²) < 4.78 is 5.40. The van der Waals surface area contributed by atoms with Crippen LogP contribution in [0.1, 0.15) is 58.8 Å². The molecule has 0 bridgehead atoms. The molecule has 1 unspecified atom stereocenters. The number of hydrogen-bond acceptors (Lipinski definition) is 3. The van der Waals surface area contributed by atoms with Gasteiger partial charge in [-0.05, 0) is 69.6 Å². The number of methoxy groups -OCH3 is 1. The Balaban J connectivity index is 1.99. The van der Waals surface area contributed by atoms with Gasteiger partial charge in [-0.3, -0.25) is 4.79 Å². The van der Waals surface area contributed by atoms with Crippen LogP contribution in [0.15, 0.2) is 42.5 Å². The Morgan fingerprint density at radius 3 is 2.29 bits per heavy atom. The smallest absolute Gasteiger partial charge is 0.252 e. The SMILES string of the molecule is COc1cc(C)c(C(=O)NC(c2ccccc2)C2(N(C)C)CCCC2)cc1C. The third-order valence-corrected chi connectivity index (χ3v) is 6.29. The van der Waals surface area contributed by atoms with Crippen LogP contribution < -0.4 is 10.1 Å². The van der Waals surface area contributed by atoms with Gasteiger partial charge in [-0.2, -0.15) is 0 Å². The van der Waals surface area contributed by atoms with Crippen molar-refractivity contribution in [2.24, 2.45) is 0 Å². The van der Waals surface area contributed by atoms with Gasteiger partial charge in [-0.15, -0.1) is 0 Å². The minimum absolute atomic E-state index is 0.0229. The summed E-state index contributed by atoms with van der Waals surface area (Å²) in [4.78, 5) is 15.7. The largest absolute Gasteiger partial charge is 0.496 e. The van der Waals surface area contributed by atoms with Crippen LogP contribution in [0, 0.1) is 13.8 Å². The summed E-state index contributed by atoms with van der Waals surface area (Å²) in [5.74, 6) is 0.791. The molecule has 1 amide bonds. The number of carbonyl (C=O) groups excluding carboxylic acids is 1. The molecule has 2 aromatic rings. The number of benzene rings is 2. The Morgan fingerprint density at radius 2 is 1.71 bits per heavy atom. The zero-order valence-electron chi connectivity index (χ0n) is 17.7.